The summed E-state index contributed by atoms with van der Waals surface area (Å²) in [5, 5.41) is 2.99. The zero-order chi connectivity index (χ0) is 27.6. The maximum atomic E-state index is 14.7. The second-order valence-corrected chi connectivity index (χ2v) is 12.0. The second-order valence-electron chi connectivity index (χ2n) is 8.77. The van der Waals surface area contributed by atoms with Crippen molar-refractivity contribution in [2.45, 2.75) is 19.4 Å². The first-order chi connectivity index (χ1) is 17.9. The summed E-state index contributed by atoms with van der Waals surface area (Å²) in [5.41, 5.74) is 6.16. The monoisotopic (exact) mass is 545 g/mol. The maximum absolute atomic E-state index is 14.7. The molecule has 3 N–H and O–H groups in total. The molecule has 2 aromatic carbocycles. The van der Waals surface area contributed by atoms with Gasteiger partial charge in [-0.15, -0.1) is 0 Å². The van der Waals surface area contributed by atoms with E-state index < -0.39 is 37.7 Å². The number of hydrogen-bond donors (Lipinski definition) is 2. The smallest absolute Gasteiger partial charge is 0.256 e. The first kappa shape index (κ1) is 26.9. The maximum Gasteiger partial charge on any atom is 0.256 e. The van der Waals surface area contributed by atoms with Gasteiger partial charge in [-0.2, -0.15) is 0 Å². The van der Waals surface area contributed by atoms with E-state index in [1.807, 2.05) is 0 Å². The lowest BCUT2D eigenvalue weighted by atomic mass is 10.1. The number of pyridine rings is 1. The highest BCUT2D eigenvalue weighted by Crippen LogP contribution is 2.36. The van der Waals surface area contributed by atoms with Crippen LogP contribution in [0.5, 0.6) is 11.6 Å². The number of halogens is 3. The molecule has 0 fully saturated rings. The Bertz CT molecular complexity index is 1580. The van der Waals surface area contributed by atoms with Gasteiger partial charge in [0, 0.05) is 11.5 Å². The van der Waals surface area contributed by atoms with Gasteiger partial charge in [-0.25, -0.2) is 23.1 Å². The average molecular weight is 545 g/mol. The Hall–Kier alpha value is -4.18. The van der Waals surface area contributed by atoms with Gasteiger partial charge in [-0.1, -0.05) is 6.07 Å². The Balaban J connectivity index is 1.54. The van der Waals surface area contributed by atoms with Crippen LogP contribution in [0.1, 0.15) is 15.9 Å². The normalized spacial score (nSPS) is 11.6. The molecule has 0 spiro atoms. The van der Waals surface area contributed by atoms with Crippen molar-refractivity contribution in [3.63, 3.8) is 0 Å². The van der Waals surface area contributed by atoms with E-state index in [1.165, 1.54) is 36.5 Å². The van der Waals surface area contributed by atoms with Crippen molar-refractivity contribution in [2.75, 3.05) is 18.6 Å². The molecule has 0 radical (unpaired) electrons. The zero-order valence-corrected chi connectivity index (χ0v) is 21.2. The summed E-state index contributed by atoms with van der Waals surface area (Å²) in [4.78, 5) is 32.4. The number of imidazole rings is 1. The molecule has 198 valence electrons. The number of nitrogens with zero attached hydrogens (tertiary/aromatic N) is 3. The molecule has 4 rings (SSSR count). The van der Waals surface area contributed by atoms with Gasteiger partial charge in [0.2, 0.25) is 17.7 Å². The number of alkyl halides is 2. The van der Waals surface area contributed by atoms with Crippen molar-refractivity contribution >= 4 is 41.2 Å². The Morgan fingerprint density at radius 2 is 1.92 bits per heavy atom. The van der Waals surface area contributed by atoms with Crippen molar-refractivity contribution in [1.29, 1.82) is 0 Å². The molecule has 0 aliphatic carbocycles. The fraction of sp³-hybridized carbons (Fsp3) is 0.200. The summed E-state index contributed by atoms with van der Waals surface area (Å²) in [6, 6.07) is 11.3. The standard InChI is InChI=1S/C25H23F3N5O4P/c1-38(2,36)15-6-7-18-19(12-15)33(13-21(27)28)25(31-18)32-22(34)11-14-5-8-20(17(26)10-14)37-24-16(23(29)35)4-3-9-30-24/h3-10,12,21H,11,13H2,1-2H3,(H2,29,35)(H,31,32,34). The molecular weight excluding hydrogens is 522 g/mol. The summed E-state index contributed by atoms with van der Waals surface area (Å²) in [6.45, 7) is 2.38. The van der Waals surface area contributed by atoms with Crippen LogP contribution in [0.15, 0.2) is 54.7 Å². The molecule has 0 saturated heterocycles. The van der Waals surface area contributed by atoms with Crippen molar-refractivity contribution in [3.05, 3.63) is 71.7 Å². The SMILES string of the molecule is CP(C)(=O)c1ccc2nc(NC(=O)Cc3ccc(Oc4ncccc4C(N)=O)c(F)c3)n(CC(F)F)c2c1. The van der Waals surface area contributed by atoms with Crippen LogP contribution in [0, 0.1) is 5.82 Å². The summed E-state index contributed by atoms with van der Waals surface area (Å²) < 4.78 is 60.4. The van der Waals surface area contributed by atoms with Crippen LogP contribution < -0.4 is 21.1 Å². The van der Waals surface area contributed by atoms with E-state index in [4.69, 9.17) is 10.5 Å². The third kappa shape index (κ3) is 6.03. The molecule has 2 aromatic heterocycles. The van der Waals surface area contributed by atoms with E-state index in [0.29, 0.717) is 16.3 Å². The molecule has 0 saturated carbocycles. The van der Waals surface area contributed by atoms with Gasteiger partial charge in [0.05, 0.1) is 24.0 Å². The minimum Gasteiger partial charge on any atom is -0.435 e. The molecule has 0 atom stereocenters. The summed E-state index contributed by atoms with van der Waals surface area (Å²) >= 11 is 0. The molecule has 2 amide bonds. The van der Waals surface area contributed by atoms with E-state index >= 15 is 0 Å². The predicted molar refractivity (Wildman–Crippen MR) is 136 cm³/mol. The number of nitrogens with one attached hydrogen (secondary N) is 1. The minimum absolute atomic E-state index is 0.0325. The highest BCUT2D eigenvalue weighted by Gasteiger charge is 2.20. The molecule has 0 bridgehead atoms. The van der Waals surface area contributed by atoms with Crippen LogP contribution in [-0.4, -0.2) is 46.1 Å². The van der Waals surface area contributed by atoms with E-state index in [1.54, 1.807) is 25.5 Å². The van der Waals surface area contributed by atoms with Crippen LogP contribution >= 0.6 is 7.14 Å². The molecule has 0 unspecified atom stereocenters. The zero-order valence-electron chi connectivity index (χ0n) is 20.3. The Morgan fingerprint density at radius 1 is 1.16 bits per heavy atom. The number of aromatic nitrogens is 3. The van der Waals surface area contributed by atoms with Gasteiger partial charge in [-0.05, 0) is 61.4 Å². The molecule has 38 heavy (non-hydrogen) atoms. The lowest BCUT2D eigenvalue weighted by Crippen LogP contribution is -2.19. The van der Waals surface area contributed by atoms with Crippen LogP contribution in [-0.2, 0) is 22.3 Å². The molecule has 0 aliphatic rings. The number of primary amides is 1. The van der Waals surface area contributed by atoms with E-state index in [2.05, 4.69) is 15.3 Å². The van der Waals surface area contributed by atoms with Gasteiger partial charge in [0.15, 0.2) is 11.6 Å². The average Bonchev–Trinajstić information content (AvgIpc) is 3.16. The molecular formula is C25H23F3N5O4P. The minimum atomic E-state index is -2.74. The fourth-order valence-corrected chi connectivity index (χ4v) is 4.59. The topological polar surface area (TPSA) is 129 Å². The quantitative estimate of drug-likeness (QED) is 0.304. The van der Waals surface area contributed by atoms with Gasteiger partial charge in [-0.3, -0.25) is 14.9 Å². The summed E-state index contributed by atoms with van der Waals surface area (Å²) in [5.74, 6) is -2.77. The molecule has 0 aliphatic heterocycles. The van der Waals surface area contributed by atoms with Crippen LogP contribution in [0.2, 0.25) is 0 Å². The number of fused-ring (bicyclic) bond motifs is 1. The molecule has 4 aromatic rings. The molecule has 2 heterocycles. The molecule has 9 nitrogen and oxygen atoms in total. The summed E-state index contributed by atoms with van der Waals surface area (Å²) in [7, 11) is -2.67. The van der Waals surface area contributed by atoms with E-state index in [-0.39, 0.29) is 35.1 Å². The largest absolute Gasteiger partial charge is 0.435 e. The lowest BCUT2D eigenvalue weighted by molar-refractivity contribution is -0.115. The number of nitrogens with two attached hydrogens (primary N) is 1. The number of hydrogen-bond acceptors (Lipinski definition) is 6. The Labute approximate surface area is 215 Å². The number of carbonyl (C=O) groups excluding carboxylic acids is 2. The van der Waals surface area contributed by atoms with Gasteiger partial charge < -0.3 is 19.6 Å². The van der Waals surface area contributed by atoms with Crippen LogP contribution in [0.25, 0.3) is 11.0 Å². The third-order valence-corrected chi connectivity index (χ3v) is 7.05. The first-order valence-corrected chi connectivity index (χ1v) is 13.9. The van der Waals surface area contributed by atoms with Crippen LogP contribution in [0.3, 0.4) is 0 Å². The van der Waals surface area contributed by atoms with Crippen molar-refractivity contribution in [1.82, 2.24) is 14.5 Å². The number of rotatable bonds is 9. The number of carbonyl (C=O) groups is 2. The lowest BCUT2D eigenvalue weighted by Gasteiger charge is -2.12. The number of amides is 2. The van der Waals surface area contributed by atoms with E-state index in [0.717, 1.165) is 10.6 Å². The van der Waals surface area contributed by atoms with Gasteiger partial charge >= 0.3 is 0 Å². The third-order valence-electron chi connectivity index (χ3n) is 5.53. The highest BCUT2D eigenvalue weighted by atomic mass is 31.2. The van der Waals surface area contributed by atoms with Gasteiger partial charge in [0.1, 0.15) is 12.7 Å². The van der Waals surface area contributed by atoms with Crippen molar-refractivity contribution in [3.8, 4) is 11.6 Å². The summed E-state index contributed by atoms with van der Waals surface area (Å²) in [6.07, 6.45) is -1.68. The fourth-order valence-electron chi connectivity index (χ4n) is 3.72. The van der Waals surface area contributed by atoms with Crippen LogP contribution in [0.4, 0.5) is 19.1 Å². The number of anilines is 1. The number of benzene rings is 2. The Kier molecular flexibility index (Phi) is 7.54. The molecule has 13 heteroatoms. The number of ether oxygens (including phenoxy) is 1. The Morgan fingerprint density at radius 3 is 2.58 bits per heavy atom. The predicted octanol–water partition coefficient (Wildman–Crippen LogP) is 4.16. The van der Waals surface area contributed by atoms with Crippen molar-refractivity contribution in [2.24, 2.45) is 5.73 Å². The second kappa shape index (κ2) is 10.7. The van der Waals surface area contributed by atoms with Crippen molar-refractivity contribution < 1.29 is 32.1 Å². The first-order valence-electron chi connectivity index (χ1n) is 11.3. The van der Waals surface area contributed by atoms with Gasteiger partial charge in [0.25, 0.3) is 12.3 Å². The highest BCUT2D eigenvalue weighted by molar-refractivity contribution is 7.70. The van der Waals surface area contributed by atoms with E-state index in [9.17, 15) is 27.3 Å².